The number of nitrogens with one attached hydrogen (secondary N) is 1. The summed E-state index contributed by atoms with van der Waals surface area (Å²) in [5.41, 5.74) is 11.1. The molecule has 4 nitrogen and oxygen atoms in total. The van der Waals surface area contributed by atoms with Crippen LogP contribution in [0.2, 0.25) is 0 Å². The van der Waals surface area contributed by atoms with E-state index in [4.69, 9.17) is 5.73 Å². The summed E-state index contributed by atoms with van der Waals surface area (Å²) < 4.78 is 27.1. The summed E-state index contributed by atoms with van der Waals surface area (Å²) in [5.74, 6) is 0. The molecule has 2 aromatic rings. The van der Waals surface area contributed by atoms with Crippen LogP contribution < -0.4 is 10.5 Å². The number of nitrogens with two attached hydrogens (primary N) is 1. The molecule has 0 radical (unpaired) electrons. The van der Waals surface area contributed by atoms with Crippen LogP contribution in [-0.2, 0) is 29.5 Å². The molecule has 0 aliphatic heterocycles. The zero-order chi connectivity index (χ0) is 20.0. The molecule has 0 heterocycles. The molecule has 1 aliphatic rings. The van der Waals surface area contributed by atoms with Crippen LogP contribution in [0.15, 0.2) is 47.4 Å². The van der Waals surface area contributed by atoms with Gasteiger partial charge in [-0.15, -0.1) is 0 Å². The molecule has 3 rings (SSSR count). The first-order valence-electron chi connectivity index (χ1n) is 9.57. The van der Waals surface area contributed by atoms with Crippen molar-refractivity contribution in [1.82, 2.24) is 4.72 Å². The molecule has 0 saturated heterocycles. The maximum absolute atomic E-state index is 12.2. The topological polar surface area (TPSA) is 72.2 Å². The third-order valence-electron chi connectivity index (χ3n) is 4.82. The van der Waals surface area contributed by atoms with Crippen LogP contribution in [0.4, 0.5) is 0 Å². The van der Waals surface area contributed by atoms with Crippen molar-refractivity contribution >= 4 is 10.0 Å². The maximum Gasteiger partial charge on any atom is 0.240 e. The fraction of sp³-hybridized carbons (Fsp3) is 0.455. The van der Waals surface area contributed by atoms with Crippen LogP contribution in [0.1, 0.15) is 47.9 Å². The summed E-state index contributed by atoms with van der Waals surface area (Å²) >= 11 is 0. The van der Waals surface area contributed by atoms with Crippen LogP contribution >= 0.6 is 0 Å². The molecular weight excluding hydrogens is 457 g/mol. The monoisotopic (exact) mass is 490 g/mol. The SMILES string of the molecule is Cc1cc(C)cc(C)c1.Cc1ccc(S(=O)(=O)N[C@H]2CCCC[C@@H]2N)cc1.[Ru]. The van der Waals surface area contributed by atoms with E-state index in [-0.39, 0.29) is 31.6 Å². The van der Waals surface area contributed by atoms with Gasteiger partial charge in [-0.2, -0.15) is 0 Å². The predicted molar refractivity (Wildman–Crippen MR) is 112 cm³/mol. The summed E-state index contributed by atoms with van der Waals surface area (Å²) in [4.78, 5) is 0.311. The van der Waals surface area contributed by atoms with Crippen LogP contribution in [0, 0.1) is 27.7 Å². The van der Waals surface area contributed by atoms with Crippen LogP contribution in [0.3, 0.4) is 0 Å². The Morgan fingerprint density at radius 1 is 0.821 bits per heavy atom. The maximum atomic E-state index is 12.2. The summed E-state index contributed by atoms with van der Waals surface area (Å²) in [6, 6.07) is 13.2. The second-order valence-electron chi connectivity index (χ2n) is 7.65. The zero-order valence-corrected chi connectivity index (χ0v) is 19.7. The molecule has 156 valence electrons. The van der Waals surface area contributed by atoms with Gasteiger partial charge in [-0.1, -0.05) is 65.4 Å². The molecule has 0 spiro atoms. The average molecular weight is 490 g/mol. The number of hydrogen-bond acceptors (Lipinski definition) is 3. The van der Waals surface area contributed by atoms with Crippen molar-refractivity contribution in [3.05, 3.63) is 64.7 Å². The Morgan fingerprint density at radius 3 is 1.75 bits per heavy atom. The van der Waals surface area contributed by atoms with E-state index in [1.807, 2.05) is 6.92 Å². The van der Waals surface area contributed by atoms with Crippen molar-refractivity contribution in [2.75, 3.05) is 0 Å². The number of aryl methyl sites for hydroxylation is 4. The standard InChI is InChI=1S/C13H20N2O2S.C9H12.Ru/c1-10-6-8-11(9-7-10)18(16,17)15-13-5-3-2-4-12(13)14;1-7-4-8(2)6-9(3)5-7;/h6-9,12-13,15H,2-5,14H2,1H3;4-6H,1-3H3;/t12-,13-;;/m0../s1. The minimum Gasteiger partial charge on any atom is -0.326 e. The quantitative estimate of drug-likeness (QED) is 0.636. The fourth-order valence-corrected chi connectivity index (χ4v) is 4.81. The van der Waals surface area contributed by atoms with Gasteiger partial charge in [0.1, 0.15) is 0 Å². The molecule has 0 bridgehead atoms. The van der Waals surface area contributed by atoms with Crippen molar-refractivity contribution in [1.29, 1.82) is 0 Å². The molecule has 0 unspecified atom stereocenters. The molecule has 0 amide bonds. The number of benzene rings is 2. The van der Waals surface area contributed by atoms with Gasteiger partial charge in [0.15, 0.2) is 0 Å². The summed E-state index contributed by atoms with van der Waals surface area (Å²) in [5, 5.41) is 0. The molecule has 6 heteroatoms. The van der Waals surface area contributed by atoms with Gasteiger partial charge in [-0.3, -0.25) is 0 Å². The van der Waals surface area contributed by atoms with Gasteiger partial charge in [0.05, 0.1) is 4.90 Å². The minimum absolute atomic E-state index is 0. The Hall–Kier alpha value is -1.07. The smallest absolute Gasteiger partial charge is 0.240 e. The first kappa shape index (κ1) is 25.0. The number of hydrogen-bond donors (Lipinski definition) is 2. The van der Waals surface area contributed by atoms with Crippen molar-refractivity contribution in [3.8, 4) is 0 Å². The second-order valence-corrected chi connectivity index (χ2v) is 9.37. The Morgan fingerprint density at radius 2 is 1.29 bits per heavy atom. The number of rotatable bonds is 3. The van der Waals surface area contributed by atoms with Gasteiger partial charge in [0.2, 0.25) is 10.0 Å². The molecule has 2 atom stereocenters. The minimum atomic E-state index is -3.44. The van der Waals surface area contributed by atoms with E-state index < -0.39 is 10.0 Å². The van der Waals surface area contributed by atoms with Crippen molar-refractivity contribution < 1.29 is 27.9 Å². The third kappa shape index (κ3) is 7.75. The molecule has 1 saturated carbocycles. The second kappa shape index (κ2) is 11.2. The van der Waals surface area contributed by atoms with E-state index >= 15 is 0 Å². The molecular formula is C22H32N2O2RuS. The average Bonchev–Trinajstić information content (AvgIpc) is 2.56. The zero-order valence-electron chi connectivity index (χ0n) is 17.2. The van der Waals surface area contributed by atoms with E-state index in [9.17, 15) is 8.42 Å². The van der Waals surface area contributed by atoms with Gasteiger partial charge in [-0.05, 0) is 52.7 Å². The first-order valence-corrected chi connectivity index (χ1v) is 11.1. The molecule has 0 aromatic heterocycles. The van der Waals surface area contributed by atoms with E-state index in [1.54, 1.807) is 24.3 Å². The van der Waals surface area contributed by atoms with Gasteiger partial charge >= 0.3 is 0 Å². The largest absolute Gasteiger partial charge is 0.326 e. The van der Waals surface area contributed by atoms with E-state index in [2.05, 4.69) is 43.7 Å². The van der Waals surface area contributed by atoms with Gasteiger partial charge in [0, 0.05) is 31.6 Å². The third-order valence-corrected chi connectivity index (χ3v) is 6.33. The molecule has 3 N–H and O–H groups in total. The van der Waals surface area contributed by atoms with E-state index in [0.29, 0.717) is 4.90 Å². The van der Waals surface area contributed by atoms with Crippen molar-refractivity contribution in [2.45, 2.75) is 70.4 Å². The van der Waals surface area contributed by atoms with Gasteiger partial charge < -0.3 is 5.73 Å². The van der Waals surface area contributed by atoms with Gasteiger partial charge in [-0.25, -0.2) is 13.1 Å². The van der Waals surface area contributed by atoms with Crippen molar-refractivity contribution in [2.24, 2.45) is 5.73 Å². The van der Waals surface area contributed by atoms with Crippen LogP contribution in [0.5, 0.6) is 0 Å². The summed E-state index contributed by atoms with van der Waals surface area (Å²) in [6.45, 7) is 8.31. The first-order chi connectivity index (χ1) is 12.7. The van der Waals surface area contributed by atoms with E-state index in [0.717, 1.165) is 31.2 Å². The molecule has 2 aromatic carbocycles. The van der Waals surface area contributed by atoms with Crippen LogP contribution in [-0.4, -0.2) is 20.5 Å². The Labute approximate surface area is 183 Å². The molecule has 1 aliphatic carbocycles. The predicted octanol–water partition coefficient (Wildman–Crippen LogP) is 4.15. The van der Waals surface area contributed by atoms with Gasteiger partial charge in [0.25, 0.3) is 0 Å². The Kier molecular flexibility index (Phi) is 9.99. The molecule has 1 fully saturated rings. The normalized spacial score (nSPS) is 19.2. The number of sulfonamides is 1. The van der Waals surface area contributed by atoms with Crippen molar-refractivity contribution in [3.63, 3.8) is 0 Å². The summed E-state index contributed by atoms with van der Waals surface area (Å²) in [7, 11) is -3.44. The summed E-state index contributed by atoms with van der Waals surface area (Å²) in [6.07, 6.45) is 3.84. The Bertz CT molecular complexity index is 801. The Balaban J connectivity index is 0.000000332. The molecule has 28 heavy (non-hydrogen) atoms. The van der Waals surface area contributed by atoms with E-state index in [1.165, 1.54) is 16.7 Å². The fourth-order valence-electron chi connectivity index (χ4n) is 3.49. The van der Waals surface area contributed by atoms with Crippen LogP contribution in [0.25, 0.3) is 0 Å².